The number of fused-ring (bicyclic) bond motifs is 1. The molecule has 0 unspecified atom stereocenters. The van der Waals surface area contributed by atoms with Gasteiger partial charge >= 0.3 is 0 Å². The zero-order valence-corrected chi connectivity index (χ0v) is 11.4. The van der Waals surface area contributed by atoms with Crippen LogP contribution in [-0.4, -0.2) is 16.1 Å². The number of rotatable bonds is 0. The predicted molar refractivity (Wildman–Crippen MR) is 70.3 cm³/mol. The Labute approximate surface area is 95.0 Å². The highest BCUT2D eigenvalue weighted by molar-refractivity contribution is 7.03. The van der Waals surface area contributed by atoms with Crippen LogP contribution in [0.4, 0.5) is 0 Å². The lowest BCUT2D eigenvalue weighted by molar-refractivity contribution is 1.28. The molecule has 1 aromatic rings. The van der Waals surface area contributed by atoms with Crippen LogP contribution in [0.5, 0.6) is 0 Å². The van der Waals surface area contributed by atoms with Gasteiger partial charge in [0.2, 0.25) is 0 Å². The van der Waals surface area contributed by atoms with Gasteiger partial charge in [0.25, 0.3) is 0 Å². The van der Waals surface area contributed by atoms with E-state index in [2.05, 4.69) is 26.2 Å². The molecule has 0 atom stereocenters. The highest BCUT2D eigenvalue weighted by Crippen LogP contribution is 2.25. The first-order chi connectivity index (χ1) is 8.09. The van der Waals surface area contributed by atoms with Gasteiger partial charge in [-0.3, -0.25) is 0 Å². The minimum absolute atomic E-state index is 0.0500. The molecule has 14 heavy (non-hydrogen) atoms. The van der Waals surface area contributed by atoms with Gasteiger partial charge < -0.3 is 0 Å². The lowest BCUT2D eigenvalue weighted by Crippen LogP contribution is -2.63. The highest BCUT2D eigenvalue weighted by Gasteiger charge is 2.38. The van der Waals surface area contributed by atoms with Crippen LogP contribution in [0.2, 0.25) is 38.3 Å². The Hall–Kier alpha value is -0.346. The molecule has 76 valence electrons. The highest BCUT2D eigenvalue weighted by atomic mass is 28.3. The number of benzene rings is 1. The summed E-state index contributed by atoms with van der Waals surface area (Å²) in [7, 11) is -3.41. The third-order valence-electron chi connectivity index (χ3n) is 3.42. The Morgan fingerprint density at radius 2 is 1.29 bits per heavy atom. The molecule has 0 saturated carbocycles. The summed E-state index contributed by atoms with van der Waals surface area (Å²) in [5.41, 5.74) is 0. The van der Waals surface area contributed by atoms with E-state index in [-0.39, 0.29) is 24.2 Å². The first-order valence-electron chi connectivity index (χ1n) is 7.21. The van der Waals surface area contributed by atoms with Crippen molar-refractivity contribution in [3.63, 3.8) is 0 Å². The van der Waals surface area contributed by atoms with E-state index >= 15 is 0 Å². The van der Waals surface area contributed by atoms with Crippen molar-refractivity contribution in [1.29, 1.82) is 0 Å². The molecule has 0 amide bonds. The van der Waals surface area contributed by atoms with Crippen LogP contribution in [0, 0.1) is 0 Å². The van der Waals surface area contributed by atoms with E-state index in [1.54, 1.807) is 0 Å². The zero-order chi connectivity index (χ0) is 13.9. The second kappa shape index (κ2) is 3.07. The molecule has 0 aromatic heterocycles. The predicted octanol–water partition coefficient (Wildman–Crippen LogP) is 2.53. The Morgan fingerprint density at radius 1 is 0.929 bits per heavy atom. The van der Waals surface area contributed by atoms with Gasteiger partial charge in [-0.25, -0.2) is 0 Å². The molecule has 0 aliphatic carbocycles. The molecule has 0 spiro atoms. The van der Waals surface area contributed by atoms with E-state index in [1.165, 1.54) is 0 Å². The Balaban J connectivity index is 2.92. The minimum atomic E-state index is -1.71. The van der Waals surface area contributed by atoms with Crippen molar-refractivity contribution < 1.29 is 5.48 Å². The average Bonchev–Trinajstić information content (AvgIpc) is 2.26. The van der Waals surface area contributed by atoms with Crippen molar-refractivity contribution in [2.45, 2.75) is 38.3 Å². The Kier molecular flexibility index (Phi) is 1.38. The zero-order valence-electron chi connectivity index (χ0n) is 13.4. The first-order valence-corrected chi connectivity index (χ1v) is 11.6. The minimum Gasteiger partial charge on any atom is -0.0654 e. The van der Waals surface area contributed by atoms with E-state index < -0.39 is 16.1 Å². The van der Waals surface area contributed by atoms with Gasteiger partial charge in [0.05, 0.1) is 21.6 Å². The lowest BCUT2D eigenvalue weighted by Gasteiger charge is -2.39. The van der Waals surface area contributed by atoms with Gasteiger partial charge in [0, 0.05) is 0 Å². The number of hydrogen-bond donors (Lipinski definition) is 0. The van der Waals surface area contributed by atoms with Crippen molar-refractivity contribution >= 4 is 26.5 Å². The molecule has 2 rings (SSSR count). The van der Waals surface area contributed by atoms with Crippen LogP contribution in [0.1, 0.15) is 5.48 Å². The summed E-state index contributed by atoms with van der Waals surface area (Å²) in [5, 5.41) is 2.02. The van der Waals surface area contributed by atoms with E-state index in [0.29, 0.717) is 0 Å². The first kappa shape index (κ1) is 6.28. The van der Waals surface area contributed by atoms with Gasteiger partial charge in [-0.1, -0.05) is 72.8 Å². The van der Waals surface area contributed by atoms with Gasteiger partial charge in [-0.2, -0.15) is 0 Å². The molecular weight excluding hydrogens is 200 g/mol. The van der Waals surface area contributed by atoms with Crippen LogP contribution in [0.3, 0.4) is 0 Å². The van der Waals surface area contributed by atoms with Gasteiger partial charge in [-0.15, -0.1) is 0 Å². The van der Waals surface area contributed by atoms with Gasteiger partial charge in [0.15, 0.2) is 0 Å². The normalized spacial score (nSPS) is 26.9. The molecule has 0 radical (unpaired) electrons. The van der Waals surface area contributed by atoms with Crippen LogP contribution in [0.15, 0.2) is 24.2 Å². The maximum absolute atomic E-state index is 8.21. The molecule has 2 heteroatoms. The molecule has 1 aromatic carbocycles. The van der Waals surface area contributed by atoms with Crippen molar-refractivity contribution in [3.8, 4) is 0 Å². The fourth-order valence-corrected chi connectivity index (χ4v) is 12.0. The van der Waals surface area contributed by atoms with Crippen molar-refractivity contribution in [1.82, 2.24) is 0 Å². The molecule has 1 aliphatic rings. The molecule has 1 aliphatic heterocycles. The SMILES string of the molecule is [2H]c1c([2H])c([2H])c2c(c1[2H])[Si](C)(C)CC[Si]2(C)C. The maximum Gasteiger partial charge on any atom is 0.0802 e. The molecule has 1 heterocycles. The second-order valence-electron chi connectivity index (χ2n) is 5.52. The molecule has 0 nitrogen and oxygen atoms in total. The van der Waals surface area contributed by atoms with Crippen LogP contribution in [-0.2, 0) is 0 Å². The smallest absolute Gasteiger partial charge is 0.0654 e. The average molecular weight is 224 g/mol. The quantitative estimate of drug-likeness (QED) is 0.594. The van der Waals surface area contributed by atoms with E-state index in [1.807, 2.05) is 0 Å². The monoisotopic (exact) mass is 224 g/mol. The van der Waals surface area contributed by atoms with E-state index in [9.17, 15) is 0 Å². The largest absolute Gasteiger partial charge is 0.0802 e. The fourth-order valence-electron chi connectivity index (χ4n) is 2.20. The third-order valence-corrected chi connectivity index (χ3v) is 10.6. The van der Waals surface area contributed by atoms with Crippen molar-refractivity contribution in [3.05, 3.63) is 24.2 Å². The summed E-state index contributed by atoms with van der Waals surface area (Å²) in [5.74, 6) is 0. The van der Waals surface area contributed by atoms with Crippen molar-refractivity contribution in [2.75, 3.05) is 0 Å². The summed E-state index contributed by atoms with van der Waals surface area (Å²) < 4.78 is 32.2. The van der Waals surface area contributed by atoms with Crippen LogP contribution >= 0.6 is 0 Å². The van der Waals surface area contributed by atoms with Crippen LogP contribution in [0.25, 0.3) is 0 Å². The summed E-state index contributed by atoms with van der Waals surface area (Å²) in [4.78, 5) is 0. The topological polar surface area (TPSA) is 0 Å². The summed E-state index contributed by atoms with van der Waals surface area (Å²) in [6.45, 7) is 8.93. The van der Waals surface area contributed by atoms with Crippen LogP contribution < -0.4 is 10.4 Å². The fraction of sp³-hybridized carbons (Fsp3) is 0.500. The Morgan fingerprint density at radius 3 is 1.64 bits per heavy atom. The molecule has 0 fully saturated rings. The van der Waals surface area contributed by atoms with Gasteiger partial charge in [0.1, 0.15) is 0 Å². The van der Waals surface area contributed by atoms with E-state index in [4.69, 9.17) is 5.48 Å². The molecule has 0 bridgehead atoms. The molecular formula is C12H20Si2. The maximum atomic E-state index is 8.21. The summed E-state index contributed by atoms with van der Waals surface area (Å²) in [6, 6.07) is 2.69. The Bertz CT molecular complexity index is 477. The van der Waals surface area contributed by atoms with Crippen molar-refractivity contribution in [2.24, 2.45) is 0 Å². The summed E-state index contributed by atoms with van der Waals surface area (Å²) in [6.07, 6.45) is 0. The summed E-state index contributed by atoms with van der Waals surface area (Å²) >= 11 is 0. The molecule has 0 saturated heterocycles. The standard InChI is InChI=1S/C12H20Si2/c1-13(2)9-10-14(3,4)12-8-6-5-7-11(12)13/h5-8H,9-10H2,1-4H3/i5D,6D,7D,8D. The third kappa shape index (κ3) is 1.50. The lowest BCUT2D eigenvalue weighted by atomic mass is 10.4. The number of hydrogen-bond acceptors (Lipinski definition) is 0. The van der Waals surface area contributed by atoms with Gasteiger partial charge in [-0.05, 0) is 0 Å². The van der Waals surface area contributed by atoms with E-state index in [0.717, 1.165) is 22.5 Å². The second-order valence-corrected chi connectivity index (χ2v) is 15.1. The molecule has 0 N–H and O–H groups in total.